The van der Waals surface area contributed by atoms with Crippen molar-refractivity contribution in [2.75, 3.05) is 0 Å². The van der Waals surface area contributed by atoms with Crippen LogP contribution in [0.2, 0.25) is 5.02 Å². The van der Waals surface area contributed by atoms with Crippen LogP contribution in [0.15, 0.2) is 42.5 Å². The molecule has 0 aliphatic carbocycles. The SMILES string of the molecule is CC(C)c1ccc(CNC(=O)c2cc(Cl)ccc2O)cc1. The van der Waals surface area contributed by atoms with Gasteiger partial charge < -0.3 is 10.4 Å². The molecule has 4 heteroatoms. The fourth-order valence-electron chi connectivity index (χ4n) is 1.99. The standard InChI is InChI=1S/C17H18ClNO2/c1-11(2)13-5-3-12(4-6-13)10-19-17(21)15-9-14(18)7-8-16(15)20/h3-9,11,20H,10H2,1-2H3,(H,19,21). The van der Waals surface area contributed by atoms with E-state index in [2.05, 4.69) is 31.3 Å². The number of halogens is 1. The van der Waals surface area contributed by atoms with Crippen molar-refractivity contribution in [3.8, 4) is 5.75 Å². The normalized spacial score (nSPS) is 10.7. The molecule has 0 bridgehead atoms. The third kappa shape index (κ3) is 3.99. The van der Waals surface area contributed by atoms with Gasteiger partial charge in [0.25, 0.3) is 5.91 Å². The number of nitrogens with one attached hydrogen (secondary N) is 1. The van der Waals surface area contributed by atoms with Crippen molar-refractivity contribution in [2.24, 2.45) is 0 Å². The molecule has 0 saturated heterocycles. The maximum Gasteiger partial charge on any atom is 0.255 e. The summed E-state index contributed by atoms with van der Waals surface area (Å²) in [6.45, 7) is 4.68. The van der Waals surface area contributed by atoms with Crippen molar-refractivity contribution < 1.29 is 9.90 Å². The van der Waals surface area contributed by atoms with Crippen molar-refractivity contribution >= 4 is 17.5 Å². The molecule has 2 aromatic rings. The van der Waals surface area contributed by atoms with Crippen LogP contribution < -0.4 is 5.32 Å². The third-order valence-electron chi connectivity index (χ3n) is 3.30. The van der Waals surface area contributed by atoms with Crippen LogP contribution in [-0.2, 0) is 6.54 Å². The van der Waals surface area contributed by atoms with Gasteiger partial charge in [0.2, 0.25) is 0 Å². The molecule has 2 aromatic carbocycles. The Morgan fingerprint density at radius 1 is 1.19 bits per heavy atom. The van der Waals surface area contributed by atoms with Gasteiger partial charge in [0.05, 0.1) is 5.56 Å². The lowest BCUT2D eigenvalue weighted by Gasteiger charge is -2.09. The van der Waals surface area contributed by atoms with Crippen molar-refractivity contribution in [3.63, 3.8) is 0 Å². The first kappa shape index (κ1) is 15.4. The topological polar surface area (TPSA) is 49.3 Å². The van der Waals surface area contributed by atoms with E-state index in [1.54, 1.807) is 0 Å². The van der Waals surface area contributed by atoms with Crippen molar-refractivity contribution in [1.29, 1.82) is 0 Å². The van der Waals surface area contributed by atoms with E-state index in [1.165, 1.54) is 23.8 Å². The predicted molar refractivity (Wildman–Crippen MR) is 84.8 cm³/mol. The number of rotatable bonds is 4. The minimum absolute atomic E-state index is 0.0768. The van der Waals surface area contributed by atoms with Crippen molar-refractivity contribution in [3.05, 3.63) is 64.2 Å². The minimum Gasteiger partial charge on any atom is -0.507 e. The van der Waals surface area contributed by atoms with Crippen LogP contribution in [-0.4, -0.2) is 11.0 Å². The number of aromatic hydroxyl groups is 1. The summed E-state index contributed by atoms with van der Waals surface area (Å²) in [6, 6.07) is 12.5. The molecule has 0 atom stereocenters. The molecule has 1 amide bonds. The van der Waals surface area contributed by atoms with E-state index in [-0.39, 0.29) is 17.2 Å². The van der Waals surface area contributed by atoms with Crippen LogP contribution in [0.4, 0.5) is 0 Å². The molecule has 2 rings (SSSR count). The Kier molecular flexibility index (Phi) is 4.86. The summed E-state index contributed by atoms with van der Waals surface area (Å²) in [5.74, 6) is 0.0621. The summed E-state index contributed by atoms with van der Waals surface area (Å²) in [5, 5.41) is 12.9. The first-order valence-electron chi connectivity index (χ1n) is 6.83. The zero-order valence-electron chi connectivity index (χ0n) is 12.1. The van der Waals surface area contributed by atoms with Gasteiger partial charge in [0.1, 0.15) is 5.75 Å². The van der Waals surface area contributed by atoms with E-state index in [0.717, 1.165) is 5.56 Å². The highest BCUT2D eigenvalue weighted by molar-refractivity contribution is 6.31. The summed E-state index contributed by atoms with van der Waals surface area (Å²) in [4.78, 5) is 12.0. The van der Waals surface area contributed by atoms with Gasteiger partial charge in [-0.25, -0.2) is 0 Å². The van der Waals surface area contributed by atoms with Crippen LogP contribution in [0.5, 0.6) is 5.75 Å². The smallest absolute Gasteiger partial charge is 0.255 e. The number of carbonyl (C=O) groups is 1. The van der Waals surface area contributed by atoms with Gasteiger partial charge in [-0.3, -0.25) is 4.79 Å². The molecule has 2 N–H and O–H groups in total. The second-order valence-corrected chi connectivity index (χ2v) is 5.68. The fraction of sp³-hybridized carbons (Fsp3) is 0.235. The number of carbonyl (C=O) groups excluding carboxylic acids is 1. The van der Waals surface area contributed by atoms with Crippen LogP contribution in [0.1, 0.15) is 41.3 Å². The highest BCUT2D eigenvalue weighted by Gasteiger charge is 2.11. The number of hydrogen-bond acceptors (Lipinski definition) is 2. The molecule has 21 heavy (non-hydrogen) atoms. The van der Waals surface area contributed by atoms with Gasteiger partial charge in [0, 0.05) is 11.6 Å². The van der Waals surface area contributed by atoms with Gasteiger partial charge in [-0.1, -0.05) is 49.7 Å². The number of hydrogen-bond donors (Lipinski definition) is 2. The number of phenolic OH excluding ortho intramolecular Hbond substituents is 1. The molecule has 0 spiro atoms. The minimum atomic E-state index is -0.345. The molecule has 0 aromatic heterocycles. The largest absolute Gasteiger partial charge is 0.507 e. The van der Waals surface area contributed by atoms with Crippen LogP contribution in [0.3, 0.4) is 0 Å². The molecule has 0 heterocycles. The molecule has 110 valence electrons. The quantitative estimate of drug-likeness (QED) is 0.893. The van der Waals surface area contributed by atoms with Crippen LogP contribution in [0, 0.1) is 0 Å². The van der Waals surface area contributed by atoms with Gasteiger partial charge >= 0.3 is 0 Å². The lowest BCUT2D eigenvalue weighted by molar-refractivity contribution is 0.0948. The third-order valence-corrected chi connectivity index (χ3v) is 3.54. The fourth-order valence-corrected chi connectivity index (χ4v) is 2.16. The van der Waals surface area contributed by atoms with E-state index in [1.807, 2.05) is 12.1 Å². The highest BCUT2D eigenvalue weighted by Crippen LogP contribution is 2.21. The molecule has 0 radical (unpaired) electrons. The lowest BCUT2D eigenvalue weighted by atomic mass is 10.0. The zero-order valence-corrected chi connectivity index (χ0v) is 12.8. The monoisotopic (exact) mass is 303 g/mol. The van der Waals surface area contributed by atoms with Gasteiger partial charge in [0.15, 0.2) is 0 Å². The Balaban J connectivity index is 2.02. The highest BCUT2D eigenvalue weighted by atomic mass is 35.5. The van der Waals surface area contributed by atoms with E-state index in [9.17, 15) is 9.90 Å². The van der Waals surface area contributed by atoms with E-state index in [4.69, 9.17) is 11.6 Å². The number of benzene rings is 2. The molecule has 0 fully saturated rings. The van der Waals surface area contributed by atoms with E-state index >= 15 is 0 Å². The maximum atomic E-state index is 12.0. The first-order valence-corrected chi connectivity index (χ1v) is 7.20. The average Bonchev–Trinajstić information content (AvgIpc) is 2.47. The predicted octanol–water partition coefficient (Wildman–Crippen LogP) is 4.10. The first-order chi connectivity index (χ1) is 9.97. The second-order valence-electron chi connectivity index (χ2n) is 5.24. The summed E-state index contributed by atoms with van der Waals surface area (Å²) in [7, 11) is 0. The second kappa shape index (κ2) is 6.64. The van der Waals surface area contributed by atoms with Crippen molar-refractivity contribution in [1.82, 2.24) is 5.32 Å². The Morgan fingerprint density at radius 3 is 2.48 bits per heavy atom. The summed E-state index contributed by atoms with van der Waals surface area (Å²) < 4.78 is 0. The van der Waals surface area contributed by atoms with Crippen LogP contribution in [0.25, 0.3) is 0 Å². The Hall–Kier alpha value is -2.00. The Bertz CT molecular complexity index is 636. The molecule has 0 saturated carbocycles. The lowest BCUT2D eigenvalue weighted by Crippen LogP contribution is -2.22. The molecule has 0 aliphatic rings. The Morgan fingerprint density at radius 2 is 1.86 bits per heavy atom. The number of phenols is 1. The van der Waals surface area contributed by atoms with Gasteiger partial charge in [-0.2, -0.15) is 0 Å². The summed E-state index contributed by atoms with van der Waals surface area (Å²) in [6.07, 6.45) is 0. The molecular weight excluding hydrogens is 286 g/mol. The van der Waals surface area contributed by atoms with E-state index in [0.29, 0.717) is 17.5 Å². The molecular formula is C17H18ClNO2. The molecule has 3 nitrogen and oxygen atoms in total. The van der Waals surface area contributed by atoms with Crippen LogP contribution >= 0.6 is 11.6 Å². The van der Waals surface area contributed by atoms with Gasteiger partial charge in [-0.15, -0.1) is 0 Å². The molecule has 0 unspecified atom stereocenters. The molecule has 0 aliphatic heterocycles. The summed E-state index contributed by atoms with van der Waals surface area (Å²) in [5.41, 5.74) is 2.45. The Labute approximate surface area is 129 Å². The number of amides is 1. The van der Waals surface area contributed by atoms with Crippen molar-refractivity contribution in [2.45, 2.75) is 26.3 Å². The maximum absolute atomic E-state index is 12.0. The van der Waals surface area contributed by atoms with E-state index < -0.39 is 0 Å². The van der Waals surface area contributed by atoms with Gasteiger partial charge in [-0.05, 0) is 35.2 Å². The zero-order chi connectivity index (χ0) is 15.4. The average molecular weight is 304 g/mol. The summed E-state index contributed by atoms with van der Waals surface area (Å²) >= 11 is 5.83.